The van der Waals surface area contributed by atoms with Crippen LogP contribution in [0.15, 0.2) is 48.5 Å². The molecule has 2 aromatic rings. The third kappa shape index (κ3) is 4.38. The normalized spacial score (nSPS) is 14.0. The Hall–Kier alpha value is -2.90. The van der Waals surface area contributed by atoms with Gasteiger partial charge >= 0.3 is 6.03 Å². The van der Waals surface area contributed by atoms with Crippen molar-refractivity contribution >= 4 is 23.3 Å². The first-order valence-electron chi connectivity index (χ1n) is 8.63. The van der Waals surface area contributed by atoms with Gasteiger partial charge in [0.15, 0.2) is 0 Å². The van der Waals surface area contributed by atoms with Crippen molar-refractivity contribution in [3.05, 3.63) is 59.7 Å². The lowest BCUT2D eigenvalue weighted by atomic mass is 10.1. The van der Waals surface area contributed by atoms with Gasteiger partial charge in [0.2, 0.25) is 0 Å². The van der Waals surface area contributed by atoms with Crippen LogP contribution >= 0.6 is 0 Å². The van der Waals surface area contributed by atoms with Gasteiger partial charge in [0.25, 0.3) is 5.91 Å². The molecular weight excluding hydrogens is 330 g/mol. The number of carbonyl (C=O) groups excluding carboxylic acids is 2. The van der Waals surface area contributed by atoms with Crippen LogP contribution in [-0.2, 0) is 6.54 Å². The molecule has 0 spiro atoms. The minimum atomic E-state index is -0.217. The molecule has 0 atom stereocenters. The van der Waals surface area contributed by atoms with Crippen LogP contribution < -0.4 is 21.7 Å². The molecule has 1 aliphatic heterocycles. The Labute approximate surface area is 152 Å². The van der Waals surface area contributed by atoms with E-state index >= 15 is 0 Å². The molecular formula is C19H23N5O2. The Morgan fingerprint density at radius 3 is 2.38 bits per heavy atom. The van der Waals surface area contributed by atoms with E-state index < -0.39 is 0 Å². The molecule has 0 saturated carbocycles. The highest BCUT2D eigenvalue weighted by Crippen LogP contribution is 2.17. The molecule has 0 aliphatic carbocycles. The minimum Gasteiger partial charge on any atom is -0.326 e. The summed E-state index contributed by atoms with van der Waals surface area (Å²) >= 11 is 0. The lowest BCUT2D eigenvalue weighted by molar-refractivity contribution is 0.102. The standard InChI is InChI=1S/C19H23N5O2/c20-13-15-3-1-2-4-17(15)23-18(25)14-5-7-16(8-6-14)22-19(26)24-11-9-21-10-12-24/h1-8,21H,9-13,20H2,(H,22,26)(H,23,25). The first kappa shape index (κ1) is 17.9. The Morgan fingerprint density at radius 1 is 1.00 bits per heavy atom. The van der Waals surface area contributed by atoms with Gasteiger partial charge in [-0.3, -0.25) is 4.79 Å². The number of urea groups is 1. The Kier molecular flexibility index (Phi) is 5.83. The van der Waals surface area contributed by atoms with Gasteiger partial charge in [0.1, 0.15) is 0 Å². The predicted octanol–water partition coefficient (Wildman–Crippen LogP) is 1.83. The van der Waals surface area contributed by atoms with Gasteiger partial charge < -0.3 is 26.6 Å². The Balaban J connectivity index is 1.61. The molecule has 7 nitrogen and oxygen atoms in total. The number of piperazine rings is 1. The number of amides is 3. The predicted molar refractivity (Wildman–Crippen MR) is 102 cm³/mol. The number of nitrogens with one attached hydrogen (secondary N) is 3. The van der Waals surface area contributed by atoms with Crippen LogP contribution in [0.25, 0.3) is 0 Å². The minimum absolute atomic E-state index is 0.124. The second kappa shape index (κ2) is 8.46. The lowest BCUT2D eigenvalue weighted by Crippen LogP contribution is -2.48. The highest BCUT2D eigenvalue weighted by Gasteiger charge is 2.16. The summed E-state index contributed by atoms with van der Waals surface area (Å²) in [6.07, 6.45) is 0. The highest BCUT2D eigenvalue weighted by molar-refractivity contribution is 6.05. The summed E-state index contributed by atoms with van der Waals surface area (Å²) in [6.45, 7) is 3.33. The van der Waals surface area contributed by atoms with Crippen LogP contribution in [0.4, 0.5) is 16.2 Å². The molecule has 1 heterocycles. The van der Waals surface area contributed by atoms with E-state index in [1.165, 1.54) is 0 Å². The molecule has 3 amide bonds. The third-order valence-electron chi connectivity index (χ3n) is 4.29. The molecule has 0 bridgehead atoms. The van der Waals surface area contributed by atoms with E-state index in [2.05, 4.69) is 16.0 Å². The number of benzene rings is 2. The van der Waals surface area contributed by atoms with Gasteiger partial charge in [-0.15, -0.1) is 0 Å². The van der Waals surface area contributed by atoms with Gasteiger partial charge in [0.05, 0.1) is 0 Å². The summed E-state index contributed by atoms with van der Waals surface area (Å²) < 4.78 is 0. The fraction of sp³-hybridized carbons (Fsp3) is 0.263. The maximum atomic E-state index is 12.4. The van der Waals surface area contributed by atoms with Crippen molar-refractivity contribution in [3.63, 3.8) is 0 Å². The topological polar surface area (TPSA) is 99.5 Å². The summed E-state index contributed by atoms with van der Waals surface area (Å²) in [5.41, 5.74) is 8.44. The number of nitrogens with two attached hydrogens (primary N) is 1. The van der Waals surface area contributed by atoms with Gasteiger partial charge in [-0.25, -0.2) is 4.79 Å². The zero-order chi connectivity index (χ0) is 18.4. The first-order chi connectivity index (χ1) is 12.7. The lowest BCUT2D eigenvalue weighted by Gasteiger charge is -2.27. The van der Waals surface area contributed by atoms with Crippen molar-refractivity contribution in [2.75, 3.05) is 36.8 Å². The van der Waals surface area contributed by atoms with Crippen LogP contribution in [-0.4, -0.2) is 43.0 Å². The number of carbonyl (C=O) groups is 2. The van der Waals surface area contributed by atoms with Crippen molar-refractivity contribution < 1.29 is 9.59 Å². The molecule has 7 heteroatoms. The smallest absolute Gasteiger partial charge is 0.321 e. The van der Waals surface area contributed by atoms with E-state index in [1.54, 1.807) is 29.2 Å². The van der Waals surface area contributed by atoms with Crippen LogP contribution in [0.1, 0.15) is 15.9 Å². The summed E-state index contributed by atoms with van der Waals surface area (Å²) in [4.78, 5) is 26.4. The quantitative estimate of drug-likeness (QED) is 0.674. The van der Waals surface area contributed by atoms with Crippen molar-refractivity contribution in [1.29, 1.82) is 0 Å². The second-order valence-corrected chi connectivity index (χ2v) is 6.06. The van der Waals surface area contributed by atoms with Crippen molar-refractivity contribution in [1.82, 2.24) is 10.2 Å². The molecule has 5 N–H and O–H groups in total. The van der Waals surface area contributed by atoms with E-state index in [0.717, 1.165) is 18.7 Å². The molecule has 0 unspecified atom stereocenters. The monoisotopic (exact) mass is 353 g/mol. The van der Waals surface area contributed by atoms with Gasteiger partial charge in [-0.2, -0.15) is 0 Å². The van der Waals surface area contributed by atoms with Crippen LogP contribution in [0.5, 0.6) is 0 Å². The summed E-state index contributed by atoms with van der Waals surface area (Å²) in [5, 5.41) is 8.93. The highest BCUT2D eigenvalue weighted by atomic mass is 16.2. The van der Waals surface area contributed by atoms with E-state index in [4.69, 9.17) is 5.73 Å². The fourth-order valence-corrected chi connectivity index (χ4v) is 2.79. The van der Waals surface area contributed by atoms with Crippen LogP contribution in [0, 0.1) is 0 Å². The zero-order valence-electron chi connectivity index (χ0n) is 14.5. The zero-order valence-corrected chi connectivity index (χ0v) is 14.5. The first-order valence-corrected chi connectivity index (χ1v) is 8.63. The molecule has 2 aromatic carbocycles. The van der Waals surface area contributed by atoms with Crippen molar-refractivity contribution in [2.24, 2.45) is 5.73 Å². The van der Waals surface area contributed by atoms with Crippen LogP contribution in [0.3, 0.4) is 0 Å². The van der Waals surface area contributed by atoms with Crippen molar-refractivity contribution in [2.45, 2.75) is 6.54 Å². The van der Waals surface area contributed by atoms with E-state index in [1.807, 2.05) is 24.3 Å². The van der Waals surface area contributed by atoms with Crippen molar-refractivity contribution in [3.8, 4) is 0 Å². The molecule has 1 fully saturated rings. The summed E-state index contributed by atoms with van der Waals surface area (Å²) in [7, 11) is 0. The van der Waals surface area contributed by atoms with Gasteiger partial charge in [-0.1, -0.05) is 18.2 Å². The number of para-hydroxylation sites is 1. The second-order valence-electron chi connectivity index (χ2n) is 6.06. The fourth-order valence-electron chi connectivity index (χ4n) is 2.79. The molecule has 1 saturated heterocycles. The largest absolute Gasteiger partial charge is 0.326 e. The summed E-state index contributed by atoms with van der Waals surface area (Å²) in [6, 6.07) is 14.1. The average molecular weight is 353 g/mol. The number of nitrogens with zero attached hydrogens (tertiary/aromatic N) is 1. The van der Waals surface area contributed by atoms with Crippen LogP contribution in [0.2, 0.25) is 0 Å². The van der Waals surface area contributed by atoms with E-state index in [0.29, 0.717) is 36.6 Å². The molecule has 0 aromatic heterocycles. The van der Waals surface area contributed by atoms with Gasteiger partial charge in [0, 0.05) is 49.7 Å². The number of hydrogen-bond acceptors (Lipinski definition) is 4. The molecule has 0 radical (unpaired) electrons. The third-order valence-corrected chi connectivity index (χ3v) is 4.29. The van der Waals surface area contributed by atoms with E-state index in [-0.39, 0.29) is 11.9 Å². The maximum Gasteiger partial charge on any atom is 0.321 e. The maximum absolute atomic E-state index is 12.4. The molecule has 3 rings (SSSR count). The molecule has 136 valence electrons. The molecule has 26 heavy (non-hydrogen) atoms. The average Bonchev–Trinajstić information content (AvgIpc) is 2.69. The number of rotatable bonds is 4. The Morgan fingerprint density at radius 2 is 1.69 bits per heavy atom. The SMILES string of the molecule is NCc1ccccc1NC(=O)c1ccc(NC(=O)N2CCNCC2)cc1. The number of hydrogen-bond donors (Lipinski definition) is 4. The molecule has 1 aliphatic rings. The number of anilines is 2. The Bertz CT molecular complexity index is 770. The van der Waals surface area contributed by atoms with E-state index in [9.17, 15) is 9.59 Å². The van der Waals surface area contributed by atoms with Gasteiger partial charge in [-0.05, 0) is 35.9 Å². The summed E-state index contributed by atoms with van der Waals surface area (Å²) in [5.74, 6) is -0.217.